The van der Waals surface area contributed by atoms with Gasteiger partial charge in [0.1, 0.15) is 6.33 Å². The molecule has 1 saturated heterocycles. The van der Waals surface area contributed by atoms with Crippen molar-refractivity contribution in [1.82, 2.24) is 25.1 Å². The number of aliphatic hydroxyl groups excluding tert-OH is 1. The van der Waals surface area contributed by atoms with Gasteiger partial charge < -0.3 is 25.2 Å². The molecule has 218 valence electrons. The standard InChI is InChI=1S/C30H31ClN6O5/c1-17-19(6-5-9-22(17)35-28(39)27-30(40)37(2)34-16-33-27)20-7-4-8-21(26(20)31)23-11-10-18(29(36-23)41-3)14-32-24-12-13-42-15-25(24)38/h4-11,16,24-25,32,38H,12-15H2,1-3H3,(H,35,39)/t24-,25-/m1/s1. The van der Waals surface area contributed by atoms with Crippen LogP contribution in [0.5, 0.6) is 5.88 Å². The number of methoxy groups -OCH3 is 1. The normalized spacial score (nSPS) is 16.7. The van der Waals surface area contributed by atoms with Gasteiger partial charge in [-0.3, -0.25) is 9.59 Å². The minimum atomic E-state index is -0.629. The van der Waals surface area contributed by atoms with Crippen LogP contribution in [-0.2, 0) is 18.3 Å². The Bertz CT molecular complexity index is 1680. The van der Waals surface area contributed by atoms with E-state index in [0.717, 1.165) is 39.7 Å². The minimum Gasteiger partial charge on any atom is -0.481 e. The number of hydrogen-bond acceptors (Lipinski definition) is 9. The summed E-state index contributed by atoms with van der Waals surface area (Å²) in [7, 11) is 3.02. The van der Waals surface area contributed by atoms with Gasteiger partial charge >= 0.3 is 0 Å². The highest BCUT2D eigenvalue weighted by Gasteiger charge is 2.24. The molecule has 42 heavy (non-hydrogen) atoms. The van der Waals surface area contributed by atoms with Crippen molar-refractivity contribution in [3.8, 4) is 28.3 Å². The molecule has 0 radical (unpaired) electrons. The lowest BCUT2D eigenvalue weighted by Crippen LogP contribution is -2.46. The molecule has 2 aromatic heterocycles. The highest BCUT2D eigenvalue weighted by atomic mass is 35.5. The fraction of sp³-hybridized carbons (Fsp3) is 0.300. The number of pyridine rings is 1. The first-order valence-corrected chi connectivity index (χ1v) is 13.8. The summed E-state index contributed by atoms with van der Waals surface area (Å²) in [6.45, 7) is 3.27. The molecule has 3 heterocycles. The maximum atomic E-state index is 12.9. The van der Waals surface area contributed by atoms with Gasteiger partial charge in [0.2, 0.25) is 5.88 Å². The molecule has 0 bridgehead atoms. The van der Waals surface area contributed by atoms with Gasteiger partial charge in [-0.1, -0.05) is 48.0 Å². The molecular weight excluding hydrogens is 560 g/mol. The van der Waals surface area contributed by atoms with Gasteiger partial charge in [-0.05, 0) is 36.6 Å². The van der Waals surface area contributed by atoms with E-state index >= 15 is 0 Å². The summed E-state index contributed by atoms with van der Waals surface area (Å²) in [5, 5.41) is 20.6. The molecule has 0 aliphatic carbocycles. The van der Waals surface area contributed by atoms with E-state index in [1.54, 1.807) is 19.2 Å². The molecule has 2 atom stereocenters. The fourth-order valence-electron chi connectivity index (χ4n) is 4.89. The Labute approximate surface area is 247 Å². The number of nitrogens with zero attached hydrogens (tertiary/aromatic N) is 4. The summed E-state index contributed by atoms with van der Waals surface area (Å²) < 4.78 is 12.0. The summed E-state index contributed by atoms with van der Waals surface area (Å²) in [6.07, 6.45) is 1.32. The minimum absolute atomic E-state index is 0.0654. The first-order valence-electron chi connectivity index (χ1n) is 13.4. The Morgan fingerprint density at radius 2 is 1.93 bits per heavy atom. The Morgan fingerprint density at radius 3 is 2.71 bits per heavy atom. The van der Waals surface area contributed by atoms with E-state index in [2.05, 4.69) is 20.7 Å². The van der Waals surface area contributed by atoms with Crippen LogP contribution in [0.1, 0.15) is 28.0 Å². The Balaban J connectivity index is 1.41. The number of aromatic nitrogens is 4. The lowest BCUT2D eigenvalue weighted by atomic mass is 9.96. The third-order valence-electron chi connectivity index (χ3n) is 7.28. The summed E-state index contributed by atoms with van der Waals surface area (Å²) in [5.74, 6) is -0.171. The van der Waals surface area contributed by atoms with Gasteiger partial charge in [0.15, 0.2) is 5.69 Å². The molecule has 1 fully saturated rings. The van der Waals surface area contributed by atoms with Crippen LogP contribution in [0.25, 0.3) is 22.4 Å². The number of rotatable bonds is 8. The highest BCUT2D eigenvalue weighted by molar-refractivity contribution is 6.36. The number of benzene rings is 2. The molecule has 1 amide bonds. The summed E-state index contributed by atoms with van der Waals surface area (Å²) in [5.41, 5.74) is 4.19. The number of hydrogen-bond donors (Lipinski definition) is 3. The number of aryl methyl sites for hydroxylation is 1. The Morgan fingerprint density at radius 1 is 1.17 bits per heavy atom. The fourth-order valence-corrected chi connectivity index (χ4v) is 5.22. The topological polar surface area (TPSA) is 140 Å². The molecule has 0 unspecified atom stereocenters. The van der Waals surface area contributed by atoms with E-state index in [-0.39, 0.29) is 11.7 Å². The number of nitrogens with one attached hydrogen (secondary N) is 2. The van der Waals surface area contributed by atoms with Crippen molar-refractivity contribution < 1.29 is 19.4 Å². The molecule has 1 aliphatic heterocycles. The van der Waals surface area contributed by atoms with Crippen LogP contribution >= 0.6 is 11.6 Å². The van der Waals surface area contributed by atoms with Crippen LogP contribution in [0.3, 0.4) is 0 Å². The van der Waals surface area contributed by atoms with Gasteiger partial charge in [-0.15, -0.1) is 0 Å². The lowest BCUT2D eigenvalue weighted by Gasteiger charge is -2.28. The van der Waals surface area contributed by atoms with Crippen LogP contribution in [0.4, 0.5) is 5.69 Å². The summed E-state index contributed by atoms with van der Waals surface area (Å²) in [6, 6.07) is 14.9. The van der Waals surface area contributed by atoms with Crippen molar-refractivity contribution in [1.29, 1.82) is 0 Å². The number of aliphatic hydroxyl groups is 1. The van der Waals surface area contributed by atoms with Crippen molar-refractivity contribution >= 4 is 23.2 Å². The predicted octanol–water partition coefficient (Wildman–Crippen LogP) is 3.37. The second-order valence-electron chi connectivity index (χ2n) is 9.92. The van der Waals surface area contributed by atoms with Gasteiger partial charge in [0, 0.05) is 48.6 Å². The second-order valence-corrected chi connectivity index (χ2v) is 10.3. The summed E-state index contributed by atoms with van der Waals surface area (Å²) >= 11 is 6.97. The summed E-state index contributed by atoms with van der Waals surface area (Å²) in [4.78, 5) is 33.7. The molecule has 1 aliphatic rings. The number of carbonyl (C=O) groups is 1. The van der Waals surface area contributed by atoms with Crippen LogP contribution < -0.4 is 20.9 Å². The first-order chi connectivity index (χ1) is 20.3. The van der Waals surface area contributed by atoms with Gasteiger partial charge in [0.25, 0.3) is 11.5 Å². The second kappa shape index (κ2) is 12.8. The largest absolute Gasteiger partial charge is 0.481 e. The monoisotopic (exact) mass is 590 g/mol. The van der Waals surface area contributed by atoms with Gasteiger partial charge in [0.05, 0.1) is 30.5 Å². The van der Waals surface area contributed by atoms with Crippen molar-refractivity contribution in [2.75, 3.05) is 25.6 Å². The molecule has 3 N–H and O–H groups in total. The highest BCUT2D eigenvalue weighted by Crippen LogP contribution is 2.39. The van der Waals surface area contributed by atoms with E-state index < -0.39 is 17.6 Å². The SMILES string of the molecule is COc1nc(-c2cccc(-c3cccc(NC(=O)c4ncnn(C)c4=O)c3C)c2Cl)ccc1CN[C@@H]1CCOC[C@H]1O. The third-order valence-corrected chi connectivity index (χ3v) is 7.69. The average molecular weight is 591 g/mol. The van der Waals surface area contributed by atoms with E-state index in [1.165, 1.54) is 7.05 Å². The number of amides is 1. The maximum Gasteiger partial charge on any atom is 0.298 e. The van der Waals surface area contributed by atoms with Gasteiger partial charge in [-0.25, -0.2) is 14.6 Å². The van der Waals surface area contributed by atoms with Crippen molar-refractivity contribution in [3.05, 3.63) is 87.1 Å². The van der Waals surface area contributed by atoms with E-state index in [1.807, 2.05) is 43.3 Å². The van der Waals surface area contributed by atoms with Crippen molar-refractivity contribution in [3.63, 3.8) is 0 Å². The van der Waals surface area contributed by atoms with E-state index in [9.17, 15) is 14.7 Å². The molecule has 11 nitrogen and oxygen atoms in total. The zero-order valence-electron chi connectivity index (χ0n) is 23.4. The lowest BCUT2D eigenvalue weighted by molar-refractivity contribution is -0.0281. The quantitative estimate of drug-likeness (QED) is 0.282. The maximum absolute atomic E-state index is 12.9. The van der Waals surface area contributed by atoms with Crippen LogP contribution in [0, 0.1) is 6.92 Å². The van der Waals surface area contributed by atoms with E-state index in [4.69, 9.17) is 26.1 Å². The zero-order valence-corrected chi connectivity index (χ0v) is 24.2. The molecule has 0 saturated carbocycles. The number of anilines is 1. The number of halogens is 1. The van der Waals surface area contributed by atoms with Gasteiger partial charge in [-0.2, -0.15) is 5.10 Å². The number of carbonyl (C=O) groups excluding carboxylic acids is 1. The van der Waals surface area contributed by atoms with Crippen LogP contribution in [-0.4, -0.2) is 63.2 Å². The predicted molar refractivity (Wildman–Crippen MR) is 159 cm³/mol. The smallest absolute Gasteiger partial charge is 0.298 e. The molecular formula is C30H31ClN6O5. The Hall–Kier alpha value is -4.16. The van der Waals surface area contributed by atoms with E-state index in [0.29, 0.717) is 47.6 Å². The van der Waals surface area contributed by atoms with Crippen molar-refractivity contribution in [2.45, 2.75) is 32.0 Å². The molecule has 5 rings (SSSR count). The average Bonchev–Trinajstić information content (AvgIpc) is 2.99. The molecule has 0 spiro atoms. The zero-order chi connectivity index (χ0) is 29.8. The third kappa shape index (κ3) is 6.04. The molecule has 4 aromatic rings. The van der Waals surface area contributed by atoms with Crippen molar-refractivity contribution in [2.24, 2.45) is 7.05 Å². The first kappa shape index (κ1) is 29.3. The molecule has 2 aromatic carbocycles. The van der Waals surface area contributed by atoms with Crippen LogP contribution in [0.2, 0.25) is 5.02 Å². The van der Waals surface area contributed by atoms with Crippen LogP contribution in [0.15, 0.2) is 59.7 Å². The molecule has 12 heteroatoms. The number of ether oxygens (including phenoxy) is 2. The Kier molecular flexibility index (Phi) is 8.93.